The lowest BCUT2D eigenvalue weighted by molar-refractivity contribution is 0.726. The van der Waals surface area contributed by atoms with Crippen LogP contribution in [0.5, 0.6) is 0 Å². The highest BCUT2D eigenvalue weighted by Crippen LogP contribution is 2.32. The van der Waals surface area contributed by atoms with Crippen LogP contribution in [0.25, 0.3) is 21.9 Å². The standard InChI is InChI=1S/C16H14N2OS2/c1-9-10(2)21-15-13(9)16(19)18-5-3-12(14(18)17-15)7-11-4-6-20-8-11/h4,6-8H,3,5H2,1-2H3/b12-7-. The van der Waals surface area contributed by atoms with Gasteiger partial charge in [0.2, 0.25) is 0 Å². The van der Waals surface area contributed by atoms with Crippen molar-refractivity contribution in [2.24, 2.45) is 0 Å². The zero-order valence-electron chi connectivity index (χ0n) is 11.8. The summed E-state index contributed by atoms with van der Waals surface area (Å²) in [5.74, 6) is 0.847. The molecular weight excluding hydrogens is 300 g/mol. The Morgan fingerprint density at radius 2 is 2.24 bits per heavy atom. The van der Waals surface area contributed by atoms with Crippen molar-refractivity contribution in [3.8, 4) is 0 Å². The molecule has 1 aliphatic rings. The summed E-state index contributed by atoms with van der Waals surface area (Å²) in [5, 5.41) is 4.99. The molecule has 4 rings (SSSR count). The van der Waals surface area contributed by atoms with E-state index in [-0.39, 0.29) is 5.56 Å². The van der Waals surface area contributed by atoms with Gasteiger partial charge in [0.1, 0.15) is 10.7 Å². The van der Waals surface area contributed by atoms with Crippen LogP contribution in [0.1, 0.15) is 28.2 Å². The van der Waals surface area contributed by atoms with Crippen LogP contribution in [0.3, 0.4) is 0 Å². The fraction of sp³-hybridized carbons (Fsp3) is 0.250. The topological polar surface area (TPSA) is 34.9 Å². The van der Waals surface area contributed by atoms with E-state index in [4.69, 9.17) is 4.98 Å². The van der Waals surface area contributed by atoms with Gasteiger partial charge in [-0.15, -0.1) is 11.3 Å². The lowest BCUT2D eigenvalue weighted by atomic mass is 10.1. The first kappa shape index (κ1) is 13.0. The number of hydrogen-bond acceptors (Lipinski definition) is 4. The van der Waals surface area contributed by atoms with Crippen molar-refractivity contribution in [2.45, 2.75) is 26.8 Å². The Bertz CT molecular complexity index is 929. The summed E-state index contributed by atoms with van der Waals surface area (Å²) in [6, 6.07) is 2.09. The first-order valence-corrected chi connectivity index (χ1v) is 8.65. The predicted octanol–water partition coefficient (Wildman–Crippen LogP) is 4.08. The number of rotatable bonds is 1. The van der Waals surface area contributed by atoms with Crippen LogP contribution >= 0.6 is 22.7 Å². The minimum Gasteiger partial charge on any atom is -0.292 e. The Labute approximate surface area is 130 Å². The maximum Gasteiger partial charge on any atom is 0.262 e. The molecule has 1 aliphatic heterocycles. The Hall–Kier alpha value is -1.72. The number of aromatic nitrogens is 2. The molecule has 0 N–H and O–H groups in total. The first-order chi connectivity index (χ1) is 10.1. The van der Waals surface area contributed by atoms with Crippen LogP contribution in [0.2, 0.25) is 0 Å². The van der Waals surface area contributed by atoms with Crippen LogP contribution in [-0.4, -0.2) is 9.55 Å². The SMILES string of the molecule is Cc1sc2nc3n(c(=O)c2c1C)CC/C3=C/c1ccsc1. The molecule has 0 atom stereocenters. The van der Waals surface area contributed by atoms with Crippen LogP contribution < -0.4 is 5.56 Å². The van der Waals surface area contributed by atoms with Crippen LogP contribution in [0.15, 0.2) is 21.6 Å². The Balaban J connectivity index is 1.98. The quantitative estimate of drug-likeness (QED) is 0.678. The van der Waals surface area contributed by atoms with Crippen LogP contribution in [0, 0.1) is 13.8 Å². The van der Waals surface area contributed by atoms with E-state index in [9.17, 15) is 4.79 Å². The summed E-state index contributed by atoms with van der Waals surface area (Å²) in [4.78, 5) is 19.5. The average Bonchev–Trinajstić information content (AvgIpc) is 3.14. The van der Waals surface area contributed by atoms with Gasteiger partial charge in [0, 0.05) is 11.4 Å². The van der Waals surface area contributed by atoms with Crippen molar-refractivity contribution in [3.63, 3.8) is 0 Å². The van der Waals surface area contributed by atoms with Crippen molar-refractivity contribution in [2.75, 3.05) is 0 Å². The summed E-state index contributed by atoms with van der Waals surface area (Å²) >= 11 is 3.30. The van der Waals surface area contributed by atoms with Crippen molar-refractivity contribution in [1.82, 2.24) is 9.55 Å². The number of allylic oxidation sites excluding steroid dienone is 1. The summed E-state index contributed by atoms with van der Waals surface area (Å²) in [7, 11) is 0. The Morgan fingerprint density at radius 3 is 3.00 bits per heavy atom. The molecule has 0 saturated heterocycles. The highest BCUT2D eigenvalue weighted by Gasteiger charge is 2.23. The predicted molar refractivity (Wildman–Crippen MR) is 90.2 cm³/mol. The van der Waals surface area contributed by atoms with E-state index in [1.165, 1.54) is 10.4 Å². The van der Waals surface area contributed by atoms with E-state index in [1.807, 2.05) is 11.5 Å². The van der Waals surface area contributed by atoms with Gasteiger partial charge in [0.25, 0.3) is 5.56 Å². The highest BCUT2D eigenvalue weighted by atomic mass is 32.1. The van der Waals surface area contributed by atoms with Crippen LogP contribution in [0.4, 0.5) is 0 Å². The second kappa shape index (κ2) is 4.64. The summed E-state index contributed by atoms with van der Waals surface area (Å²) in [5.41, 5.74) is 3.55. The second-order valence-electron chi connectivity index (χ2n) is 5.33. The highest BCUT2D eigenvalue weighted by molar-refractivity contribution is 7.18. The second-order valence-corrected chi connectivity index (χ2v) is 7.32. The molecule has 3 aromatic heterocycles. The smallest absolute Gasteiger partial charge is 0.262 e. The Kier molecular flexibility index (Phi) is 2.87. The molecule has 5 heteroatoms. The molecule has 3 aromatic rings. The lowest BCUT2D eigenvalue weighted by Crippen LogP contribution is -2.20. The lowest BCUT2D eigenvalue weighted by Gasteiger charge is -2.03. The molecule has 0 aliphatic carbocycles. The summed E-state index contributed by atoms with van der Waals surface area (Å²) in [6.45, 7) is 4.81. The van der Waals surface area contributed by atoms with Crippen molar-refractivity contribution < 1.29 is 0 Å². The van der Waals surface area contributed by atoms with Gasteiger partial charge in [-0.3, -0.25) is 9.36 Å². The van der Waals surface area contributed by atoms with E-state index in [2.05, 4.69) is 29.8 Å². The monoisotopic (exact) mass is 314 g/mol. The number of nitrogens with zero attached hydrogens (tertiary/aromatic N) is 2. The molecule has 106 valence electrons. The number of hydrogen-bond donors (Lipinski definition) is 0. The van der Waals surface area contributed by atoms with Gasteiger partial charge in [0.05, 0.1) is 5.39 Å². The van der Waals surface area contributed by atoms with E-state index >= 15 is 0 Å². The fourth-order valence-corrected chi connectivity index (χ4v) is 4.46. The molecule has 4 heterocycles. The van der Waals surface area contributed by atoms with Gasteiger partial charge in [0.15, 0.2) is 0 Å². The number of aryl methyl sites for hydroxylation is 2. The molecule has 0 radical (unpaired) electrons. The summed E-state index contributed by atoms with van der Waals surface area (Å²) < 4.78 is 1.83. The molecule has 0 unspecified atom stereocenters. The molecule has 0 aromatic carbocycles. The molecular formula is C16H14N2OS2. The third kappa shape index (κ3) is 1.92. The van der Waals surface area contributed by atoms with Crippen molar-refractivity contribution in [3.05, 3.63) is 49.0 Å². The van der Waals surface area contributed by atoms with Crippen LogP contribution in [-0.2, 0) is 6.54 Å². The van der Waals surface area contributed by atoms with Gasteiger partial charge in [-0.2, -0.15) is 11.3 Å². The van der Waals surface area contributed by atoms with E-state index in [0.29, 0.717) is 0 Å². The minimum absolute atomic E-state index is 0.116. The van der Waals surface area contributed by atoms with E-state index in [0.717, 1.165) is 40.1 Å². The number of fused-ring (bicyclic) bond motifs is 2. The molecule has 3 nitrogen and oxygen atoms in total. The van der Waals surface area contributed by atoms with Gasteiger partial charge < -0.3 is 0 Å². The zero-order valence-corrected chi connectivity index (χ0v) is 13.5. The largest absolute Gasteiger partial charge is 0.292 e. The van der Waals surface area contributed by atoms with Gasteiger partial charge in [-0.05, 0) is 59.9 Å². The zero-order chi connectivity index (χ0) is 14.6. The maximum absolute atomic E-state index is 12.7. The normalized spacial score (nSPS) is 16.0. The Morgan fingerprint density at radius 1 is 1.38 bits per heavy atom. The third-order valence-electron chi connectivity index (χ3n) is 4.06. The third-order valence-corrected chi connectivity index (χ3v) is 5.87. The molecule has 0 saturated carbocycles. The van der Waals surface area contributed by atoms with Gasteiger partial charge in [-0.25, -0.2) is 4.98 Å². The summed E-state index contributed by atoms with van der Waals surface area (Å²) in [6.07, 6.45) is 3.04. The molecule has 0 spiro atoms. The van der Waals surface area contributed by atoms with Gasteiger partial charge >= 0.3 is 0 Å². The number of thiophene rings is 2. The van der Waals surface area contributed by atoms with E-state index < -0.39 is 0 Å². The van der Waals surface area contributed by atoms with Crippen molar-refractivity contribution in [1.29, 1.82) is 0 Å². The van der Waals surface area contributed by atoms with E-state index in [1.54, 1.807) is 22.7 Å². The molecule has 0 fully saturated rings. The maximum atomic E-state index is 12.7. The molecule has 21 heavy (non-hydrogen) atoms. The fourth-order valence-electron chi connectivity index (χ4n) is 2.82. The minimum atomic E-state index is 0.116. The first-order valence-electron chi connectivity index (χ1n) is 6.89. The average molecular weight is 314 g/mol. The molecule has 0 bridgehead atoms. The molecule has 0 amide bonds. The van der Waals surface area contributed by atoms with Crippen molar-refractivity contribution >= 4 is 44.5 Å². The van der Waals surface area contributed by atoms with Gasteiger partial charge in [-0.1, -0.05) is 0 Å².